The van der Waals surface area contributed by atoms with E-state index in [1.807, 2.05) is 13.8 Å². The molecule has 0 atom stereocenters. The van der Waals surface area contributed by atoms with Crippen molar-refractivity contribution in [3.63, 3.8) is 0 Å². The molecule has 0 saturated carbocycles. The highest BCUT2D eigenvalue weighted by Gasteiger charge is 2.10. The predicted octanol–water partition coefficient (Wildman–Crippen LogP) is 1.99. The highest BCUT2D eigenvalue weighted by Crippen LogP contribution is 2.11. The van der Waals surface area contributed by atoms with Crippen molar-refractivity contribution in [1.82, 2.24) is 4.72 Å². The number of halogens is 1. The summed E-state index contributed by atoms with van der Waals surface area (Å²) in [5.74, 6) is 2.61. The molecule has 0 rings (SSSR count). The molecule has 0 bridgehead atoms. The van der Waals surface area contributed by atoms with Gasteiger partial charge in [0.15, 0.2) is 0 Å². The van der Waals surface area contributed by atoms with Crippen molar-refractivity contribution < 1.29 is 0 Å². The van der Waals surface area contributed by atoms with Gasteiger partial charge in [-0.1, -0.05) is 5.92 Å². The van der Waals surface area contributed by atoms with Gasteiger partial charge in [-0.3, -0.25) is 0 Å². The number of nitrogens with one attached hydrogen (secondary N) is 1. The molecule has 0 aliphatic carbocycles. The average molecular weight is 241 g/mol. The Balaban J connectivity index is 3.59. The van der Waals surface area contributed by atoms with Crippen molar-refractivity contribution in [2.45, 2.75) is 19.4 Å². The average Bonchev–Trinajstić information content (AvgIpc) is 1.67. The van der Waals surface area contributed by atoms with Crippen LogP contribution in [-0.4, -0.2) is 5.54 Å². The molecular formula is C5H8INS. The van der Waals surface area contributed by atoms with E-state index < -0.39 is 0 Å². The number of terminal acetylenes is 1. The second kappa shape index (κ2) is 3.59. The summed E-state index contributed by atoms with van der Waals surface area (Å²) in [7, 11) is 1.51. The Morgan fingerprint density at radius 2 is 2.25 bits per heavy atom. The summed E-state index contributed by atoms with van der Waals surface area (Å²) in [5, 5.41) is 0. The maximum absolute atomic E-state index is 5.16. The van der Waals surface area contributed by atoms with Crippen molar-refractivity contribution >= 4 is 30.3 Å². The van der Waals surface area contributed by atoms with Gasteiger partial charge in [-0.05, 0) is 23.0 Å². The summed E-state index contributed by atoms with van der Waals surface area (Å²) in [6.45, 7) is 3.91. The van der Waals surface area contributed by atoms with Crippen molar-refractivity contribution in [2.24, 2.45) is 0 Å². The SMILES string of the molecule is C#CC(C)(C)NSI. The smallest absolute Gasteiger partial charge is 0.0839 e. The van der Waals surface area contributed by atoms with E-state index in [1.54, 1.807) is 0 Å². The lowest BCUT2D eigenvalue weighted by molar-refractivity contribution is 0.632. The monoisotopic (exact) mass is 241 g/mol. The Morgan fingerprint density at radius 1 is 1.75 bits per heavy atom. The summed E-state index contributed by atoms with van der Waals surface area (Å²) in [6, 6.07) is 0. The van der Waals surface area contributed by atoms with Gasteiger partial charge in [0.1, 0.15) is 0 Å². The van der Waals surface area contributed by atoms with Crippen LogP contribution in [0, 0.1) is 12.3 Å². The molecule has 3 heteroatoms. The van der Waals surface area contributed by atoms with E-state index in [-0.39, 0.29) is 5.54 Å². The zero-order valence-corrected chi connectivity index (χ0v) is 7.84. The quantitative estimate of drug-likeness (QED) is 0.450. The summed E-state index contributed by atoms with van der Waals surface area (Å²) >= 11 is 2.15. The van der Waals surface area contributed by atoms with Crippen LogP contribution in [-0.2, 0) is 0 Å². The molecule has 0 aromatic carbocycles. The first-order valence-electron chi connectivity index (χ1n) is 2.15. The highest BCUT2D eigenvalue weighted by molar-refractivity contribution is 14.2. The van der Waals surface area contributed by atoms with Crippen LogP contribution < -0.4 is 4.72 Å². The molecule has 0 spiro atoms. The van der Waals surface area contributed by atoms with E-state index in [0.29, 0.717) is 0 Å². The van der Waals surface area contributed by atoms with E-state index in [2.05, 4.69) is 31.8 Å². The molecule has 0 amide bonds. The molecule has 0 fully saturated rings. The second-order valence-corrected chi connectivity index (χ2v) is 3.63. The van der Waals surface area contributed by atoms with Crippen LogP contribution in [0.1, 0.15) is 13.8 Å². The summed E-state index contributed by atoms with van der Waals surface area (Å²) < 4.78 is 3.04. The van der Waals surface area contributed by atoms with Gasteiger partial charge in [-0.15, -0.1) is 6.42 Å². The Morgan fingerprint density at radius 3 is 2.38 bits per heavy atom. The molecule has 0 aliphatic heterocycles. The maximum Gasteiger partial charge on any atom is 0.0839 e. The maximum atomic E-state index is 5.16. The molecule has 46 valence electrons. The molecule has 0 unspecified atom stereocenters. The van der Waals surface area contributed by atoms with Crippen molar-refractivity contribution in [3.05, 3.63) is 0 Å². The molecule has 0 radical (unpaired) electrons. The Kier molecular flexibility index (Phi) is 3.86. The molecule has 0 heterocycles. The highest BCUT2D eigenvalue weighted by atomic mass is 127. The second-order valence-electron chi connectivity index (χ2n) is 1.95. The Labute approximate surface area is 66.7 Å². The van der Waals surface area contributed by atoms with E-state index >= 15 is 0 Å². The molecule has 0 aromatic rings. The Hall–Kier alpha value is 0.600. The van der Waals surface area contributed by atoms with Gasteiger partial charge in [0.25, 0.3) is 0 Å². The fourth-order valence-corrected chi connectivity index (χ4v) is 2.03. The first-order chi connectivity index (χ1) is 3.62. The number of hydrogen-bond acceptors (Lipinski definition) is 2. The summed E-state index contributed by atoms with van der Waals surface area (Å²) in [6.07, 6.45) is 5.16. The van der Waals surface area contributed by atoms with E-state index in [0.717, 1.165) is 0 Å². The third-order valence-electron chi connectivity index (χ3n) is 0.655. The van der Waals surface area contributed by atoms with Gasteiger partial charge in [-0.25, -0.2) is 4.72 Å². The largest absolute Gasteiger partial charge is 0.238 e. The van der Waals surface area contributed by atoms with Crippen LogP contribution in [0.2, 0.25) is 0 Å². The molecule has 0 saturated heterocycles. The van der Waals surface area contributed by atoms with Crippen LogP contribution in [0.3, 0.4) is 0 Å². The van der Waals surface area contributed by atoms with E-state index in [1.165, 1.54) is 9.12 Å². The lowest BCUT2D eigenvalue weighted by Gasteiger charge is -2.15. The molecule has 0 aliphatic rings. The molecule has 0 aromatic heterocycles. The molecule has 1 nitrogen and oxygen atoms in total. The predicted molar refractivity (Wildman–Crippen MR) is 47.7 cm³/mol. The normalized spacial score (nSPS) is 10.8. The zero-order valence-electron chi connectivity index (χ0n) is 4.86. The fourth-order valence-electron chi connectivity index (χ4n) is 0.126. The van der Waals surface area contributed by atoms with Crippen molar-refractivity contribution in [3.8, 4) is 12.3 Å². The molecule has 1 N–H and O–H groups in total. The topological polar surface area (TPSA) is 12.0 Å². The number of rotatable bonds is 2. The third-order valence-corrected chi connectivity index (χ3v) is 1.90. The van der Waals surface area contributed by atoms with Gasteiger partial charge < -0.3 is 0 Å². The van der Waals surface area contributed by atoms with Gasteiger partial charge in [0, 0.05) is 21.2 Å². The van der Waals surface area contributed by atoms with E-state index in [4.69, 9.17) is 6.42 Å². The third kappa shape index (κ3) is 3.58. The molecular weight excluding hydrogens is 233 g/mol. The Bertz CT molecular complexity index is 105. The molecule has 8 heavy (non-hydrogen) atoms. The van der Waals surface area contributed by atoms with Crippen LogP contribution in [0.25, 0.3) is 0 Å². The van der Waals surface area contributed by atoms with Crippen LogP contribution in [0.15, 0.2) is 0 Å². The van der Waals surface area contributed by atoms with Gasteiger partial charge >= 0.3 is 0 Å². The first kappa shape index (κ1) is 8.60. The van der Waals surface area contributed by atoms with Crippen LogP contribution >= 0.6 is 30.3 Å². The zero-order chi connectivity index (χ0) is 6.62. The van der Waals surface area contributed by atoms with Gasteiger partial charge in [0.05, 0.1) is 5.54 Å². The summed E-state index contributed by atoms with van der Waals surface area (Å²) in [4.78, 5) is 0. The fraction of sp³-hybridized carbons (Fsp3) is 0.600. The van der Waals surface area contributed by atoms with Crippen molar-refractivity contribution in [1.29, 1.82) is 0 Å². The first-order valence-corrected chi connectivity index (χ1v) is 5.51. The van der Waals surface area contributed by atoms with Crippen molar-refractivity contribution in [2.75, 3.05) is 0 Å². The van der Waals surface area contributed by atoms with Gasteiger partial charge in [0.2, 0.25) is 0 Å². The standard InChI is InChI=1S/C5H8INS/c1-4-5(2,3)7-8-6/h1,7H,2-3H3. The lowest BCUT2D eigenvalue weighted by Crippen LogP contribution is -2.30. The summed E-state index contributed by atoms with van der Waals surface area (Å²) in [5.41, 5.74) is -0.175. The lowest BCUT2D eigenvalue weighted by atomic mass is 10.1. The minimum Gasteiger partial charge on any atom is -0.238 e. The minimum atomic E-state index is -0.175. The van der Waals surface area contributed by atoms with E-state index in [9.17, 15) is 0 Å². The van der Waals surface area contributed by atoms with Crippen LogP contribution in [0.4, 0.5) is 0 Å². The van der Waals surface area contributed by atoms with Gasteiger partial charge in [-0.2, -0.15) is 0 Å². The van der Waals surface area contributed by atoms with Crippen LogP contribution in [0.5, 0.6) is 0 Å². The minimum absolute atomic E-state index is 0.175. The number of hydrogen-bond donors (Lipinski definition) is 1.